The molecule has 0 amide bonds. The molecule has 0 radical (unpaired) electrons. The normalized spacial score (nSPS) is 11.4. The van der Waals surface area contributed by atoms with Crippen LogP contribution in [0.3, 0.4) is 0 Å². The summed E-state index contributed by atoms with van der Waals surface area (Å²) in [5.74, 6) is 2.34. The van der Waals surface area contributed by atoms with Gasteiger partial charge in [-0.25, -0.2) is 0 Å². The number of para-hydroxylation sites is 1. The van der Waals surface area contributed by atoms with E-state index in [1.807, 2.05) is 55.5 Å². The van der Waals surface area contributed by atoms with Crippen molar-refractivity contribution in [3.8, 4) is 11.5 Å². The maximum Gasteiger partial charge on any atom is 0.127 e. The molecule has 5 heteroatoms. The molecule has 3 N–H and O–H groups in total. The van der Waals surface area contributed by atoms with Crippen molar-refractivity contribution in [2.75, 3.05) is 17.6 Å². The van der Waals surface area contributed by atoms with Crippen LogP contribution in [0.15, 0.2) is 48.5 Å². The van der Waals surface area contributed by atoms with Crippen LogP contribution in [0.1, 0.15) is 5.56 Å². The molecule has 21 heavy (non-hydrogen) atoms. The predicted molar refractivity (Wildman–Crippen MR) is 95.3 cm³/mol. The summed E-state index contributed by atoms with van der Waals surface area (Å²) in [4.78, 5) is 0. The maximum atomic E-state index is 5.84. The van der Waals surface area contributed by atoms with Gasteiger partial charge in [0.1, 0.15) is 11.5 Å². The van der Waals surface area contributed by atoms with Crippen molar-refractivity contribution in [2.24, 2.45) is 5.73 Å². The number of anilines is 1. The average Bonchev–Trinajstić information content (AvgIpc) is 2.47. The highest BCUT2D eigenvalue weighted by molar-refractivity contribution is 7.80. The van der Waals surface area contributed by atoms with Gasteiger partial charge in [0.25, 0.3) is 0 Å². The number of aryl methyl sites for hydroxylation is 1. The molecule has 0 saturated heterocycles. The number of halogens is 1. The van der Waals surface area contributed by atoms with Crippen LogP contribution in [0.5, 0.6) is 11.5 Å². The quantitative estimate of drug-likeness (QED) is 0.707. The molecule has 2 aromatic carbocycles. The molecule has 0 spiro atoms. The fourth-order valence-corrected chi connectivity index (χ4v) is 1.96. The third kappa shape index (κ3) is 5.50. The largest absolute Gasteiger partial charge is 0.457 e. The summed E-state index contributed by atoms with van der Waals surface area (Å²) in [6.07, 6.45) is 0. The average molecular weight is 325 g/mol. The zero-order valence-electron chi connectivity index (χ0n) is 12.0. The first-order valence-electron chi connectivity index (χ1n) is 6.63. The lowest BCUT2D eigenvalue weighted by Gasteiger charge is -2.14. The van der Waals surface area contributed by atoms with Crippen molar-refractivity contribution in [3.05, 3.63) is 54.1 Å². The lowest BCUT2D eigenvalue weighted by atomic mass is 10.2. The molecule has 0 aliphatic carbocycles. The second kappa shape index (κ2) is 8.82. The first kappa shape index (κ1) is 17.7. The van der Waals surface area contributed by atoms with Crippen molar-refractivity contribution in [1.29, 1.82) is 0 Å². The molecule has 3 nitrogen and oxygen atoms in total. The summed E-state index contributed by atoms with van der Waals surface area (Å²) in [7, 11) is 0. The van der Waals surface area contributed by atoms with Crippen molar-refractivity contribution < 1.29 is 4.74 Å². The standard InChI is InChI=1S/C16H20N2OS.ClH/c1-12-9-15(19-14-5-3-2-4-6-14)7-8-16(12)18-10-13(17)11-20;/h2-9,13,18,20H,10-11,17H2,1H3;1H/t13-;/m1./s1. The van der Waals surface area contributed by atoms with E-state index in [2.05, 4.69) is 17.9 Å². The molecule has 0 bridgehead atoms. The molecule has 0 aromatic heterocycles. The fraction of sp³-hybridized carbons (Fsp3) is 0.250. The molecule has 0 saturated carbocycles. The van der Waals surface area contributed by atoms with Crippen LogP contribution in [0.2, 0.25) is 0 Å². The van der Waals surface area contributed by atoms with Gasteiger partial charge in [0, 0.05) is 24.0 Å². The lowest BCUT2D eigenvalue weighted by Crippen LogP contribution is -2.30. The van der Waals surface area contributed by atoms with Crippen LogP contribution >= 0.6 is 25.0 Å². The number of rotatable bonds is 6. The summed E-state index contributed by atoms with van der Waals surface area (Å²) in [5, 5.41) is 3.33. The van der Waals surface area contributed by atoms with E-state index < -0.39 is 0 Å². The highest BCUT2D eigenvalue weighted by atomic mass is 35.5. The lowest BCUT2D eigenvalue weighted by molar-refractivity contribution is 0.482. The topological polar surface area (TPSA) is 47.3 Å². The predicted octanol–water partition coefficient (Wildman–Crippen LogP) is 3.88. The number of benzene rings is 2. The summed E-state index contributed by atoms with van der Waals surface area (Å²) in [6.45, 7) is 2.76. The molecule has 0 aliphatic rings. The zero-order valence-corrected chi connectivity index (χ0v) is 13.7. The molecule has 0 fully saturated rings. The van der Waals surface area contributed by atoms with E-state index in [0.29, 0.717) is 12.3 Å². The summed E-state index contributed by atoms with van der Waals surface area (Å²) in [5.41, 5.74) is 8.04. The van der Waals surface area contributed by atoms with Crippen molar-refractivity contribution in [3.63, 3.8) is 0 Å². The molecule has 0 heterocycles. The second-order valence-corrected chi connectivity index (χ2v) is 5.08. The van der Waals surface area contributed by atoms with Gasteiger partial charge in [0.2, 0.25) is 0 Å². The van der Waals surface area contributed by atoms with E-state index in [-0.39, 0.29) is 18.4 Å². The summed E-state index contributed by atoms with van der Waals surface area (Å²) in [6, 6.07) is 15.8. The van der Waals surface area contributed by atoms with Crippen LogP contribution in [0, 0.1) is 6.92 Å². The number of hydrogen-bond donors (Lipinski definition) is 3. The number of nitrogens with two attached hydrogens (primary N) is 1. The van der Waals surface area contributed by atoms with Gasteiger partial charge in [-0.15, -0.1) is 12.4 Å². The Bertz CT molecular complexity index is 551. The molecular weight excluding hydrogens is 304 g/mol. The summed E-state index contributed by atoms with van der Waals surface area (Å²) < 4.78 is 5.80. The molecule has 2 aromatic rings. The second-order valence-electron chi connectivity index (χ2n) is 4.72. The molecule has 0 unspecified atom stereocenters. The van der Waals surface area contributed by atoms with Crippen LogP contribution in [0.25, 0.3) is 0 Å². The Morgan fingerprint density at radius 1 is 1.14 bits per heavy atom. The highest BCUT2D eigenvalue weighted by Gasteiger charge is 2.04. The SMILES string of the molecule is Cc1cc(Oc2ccccc2)ccc1NC[C@@H](N)CS.Cl. The van der Waals surface area contributed by atoms with Crippen molar-refractivity contribution in [2.45, 2.75) is 13.0 Å². The van der Waals surface area contributed by atoms with Gasteiger partial charge < -0.3 is 15.8 Å². The van der Waals surface area contributed by atoms with Gasteiger partial charge in [-0.05, 0) is 42.8 Å². The number of ether oxygens (including phenoxy) is 1. The van der Waals surface area contributed by atoms with E-state index in [4.69, 9.17) is 10.5 Å². The van der Waals surface area contributed by atoms with Crippen LogP contribution in [0.4, 0.5) is 5.69 Å². The highest BCUT2D eigenvalue weighted by Crippen LogP contribution is 2.25. The Morgan fingerprint density at radius 2 is 1.86 bits per heavy atom. The van der Waals surface area contributed by atoms with E-state index in [1.165, 1.54) is 0 Å². The van der Waals surface area contributed by atoms with Crippen molar-refractivity contribution in [1.82, 2.24) is 0 Å². The van der Waals surface area contributed by atoms with Crippen molar-refractivity contribution >= 4 is 30.7 Å². The Morgan fingerprint density at radius 3 is 2.48 bits per heavy atom. The Kier molecular flexibility index (Phi) is 7.43. The molecular formula is C16H21ClN2OS. The van der Waals surface area contributed by atoms with E-state index in [1.54, 1.807) is 0 Å². The molecule has 1 atom stereocenters. The van der Waals surface area contributed by atoms with E-state index >= 15 is 0 Å². The fourth-order valence-electron chi connectivity index (χ4n) is 1.83. The van der Waals surface area contributed by atoms with Crippen LogP contribution < -0.4 is 15.8 Å². The zero-order chi connectivity index (χ0) is 14.4. The Hall–Kier alpha value is -1.36. The van der Waals surface area contributed by atoms with Gasteiger partial charge in [0.05, 0.1) is 0 Å². The molecule has 0 aliphatic heterocycles. The third-order valence-corrected chi connectivity index (χ3v) is 3.44. The number of thiol groups is 1. The van der Waals surface area contributed by atoms with Gasteiger partial charge in [-0.1, -0.05) is 18.2 Å². The van der Waals surface area contributed by atoms with Crippen LogP contribution in [-0.2, 0) is 0 Å². The number of nitrogens with one attached hydrogen (secondary N) is 1. The van der Waals surface area contributed by atoms with E-state index in [0.717, 1.165) is 22.7 Å². The minimum atomic E-state index is 0. The maximum absolute atomic E-state index is 5.84. The Labute approximate surface area is 137 Å². The Balaban J connectivity index is 0.00000220. The molecule has 2 rings (SSSR count). The van der Waals surface area contributed by atoms with Gasteiger partial charge in [-0.3, -0.25) is 0 Å². The first-order valence-corrected chi connectivity index (χ1v) is 7.26. The van der Waals surface area contributed by atoms with Crippen LogP contribution in [-0.4, -0.2) is 18.3 Å². The first-order chi connectivity index (χ1) is 9.69. The third-order valence-electron chi connectivity index (χ3n) is 2.97. The van der Waals surface area contributed by atoms with Gasteiger partial charge >= 0.3 is 0 Å². The summed E-state index contributed by atoms with van der Waals surface area (Å²) >= 11 is 4.17. The van der Waals surface area contributed by atoms with E-state index in [9.17, 15) is 0 Å². The smallest absolute Gasteiger partial charge is 0.127 e. The molecule has 114 valence electrons. The minimum absolute atomic E-state index is 0. The van der Waals surface area contributed by atoms with Gasteiger partial charge in [-0.2, -0.15) is 12.6 Å². The monoisotopic (exact) mass is 324 g/mol. The minimum Gasteiger partial charge on any atom is -0.457 e. The number of hydrogen-bond acceptors (Lipinski definition) is 4. The van der Waals surface area contributed by atoms with Gasteiger partial charge in [0.15, 0.2) is 0 Å².